The summed E-state index contributed by atoms with van der Waals surface area (Å²) < 4.78 is 0. The Morgan fingerprint density at radius 2 is 1.80 bits per heavy atom. The monoisotopic (exact) mass is 529 g/mol. The molecule has 5 atom stereocenters. The average Bonchev–Trinajstić information content (AvgIpc) is 3.39. The van der Waals surface area contributed by atoms with Crippen molar-refractivity contribution in [2.45, 2.75) is 45.6 Å². The maximum atomic E-state index is 12.8. The highest BCUT2D eigenvalue weighted by Crippen LogP contribution is 2.52. The highest BCUT2D eigenvalue weighted by atomic mass is 127. The molecule has 2 N–H and O–H groups in total. The van der Waals surface area contributed by atoms with Gasteiger partial charge in [0.25, 0.3) is 0 Å². The van der Waals surface area contributed by atoms with Crippen LogP contribution in [-0.4, -0.2) is 72.9 Å². The van der Waals surface area contributed by atoms with Gasteiger partial charge in [0.15, 0.2) is 5.96 Å². The fraction of sp³-hybridized carbons (Fsp3) is 0.773. The van der Waals surface area contributed by atoms with Crippen LogP contribution in [0.1, 0.15) is 39.5 Å². The van der Waals surface area contributed by atoms with Crippen LogP contribution in [0.4, 0.5) is 0 Å². The second-order valence-electron chi connectivity index (χ2n) is 8.90. The zero-order chi connectivity index (χ0) is 20.4. The van der Waals surface area contributed by atoms with E-state index >= 15 is 0 Å². The summed E-state index contributed by atoms with van der Waals surface area (Å²) >= 11 is 0. The van der Waals surface area contributed by atoms with E-state index in [1.165, 1.54) is 30.7 Å². The summed E-state index contributed by atoms with van der Waals surface area (Å²) in [5.41, 5.74) is 0. The minimum atomic E-state index is -0.106. The molecule has 2 aliphatic carbocycles. The number of likely N-dealkylation sites (tertiary alicyclic amines) is 2. The van der Waals surface area contributed by atoms with Gasteiger partial charge in [0.1, 0.15) is 0 Å². The number of guanidine groups is 1. The molecule has 0 aromatic carbocycles. The number of allylic oxidation sites excluding steroid dienone is 2. The van der Waals surface area contributed by atoms with Crippen molar-refractivity contribution in [3.05, 3.63) is 12.2 Å². The van der Waals surface area contributed by atoms with Gasteiger partial charge in [-0.1, -0.05) is 18.6 Å². The number of hydrogen-bond donors (Lipinski definition) is 2. The molecule has 2 amide bonds. The molecular formula is C22H36IN5O2. The fourth-order valence-electron chi connectivity index (χ4n) is 5.59. The Kier molecular flexibility index (Phi) is 8.17. The third-order valence-electron chi connectivity index (χ3n) is 7.13. The Balaban J connectivity index is 0.00000256. The molecule has 168 valence electrons. The van der Waals surface area contributed by atoms with Crippen LogP contribution < -0.4 is 10.6 Å². The molecule has 0 aromatic heterocycles. The van der Waals surface area contributed by atoms with Gasteiger partial charge < -0.3 is 10.6 Å². The Labute approximate surface area is 197 Å². The number of imide groups is 1. The first-order valence-electron chi connectivity index (χ1n) is 11.4. The van der Waals surface area contributed by atoms with E-state index < -0.39 is 0 Å². The lowest BCUT2D eigenvalue weighted by Gasteiger charge is -2.32. The van der Waals surface area contributed by atoms with Crippen LogP contribution in [0.3, 0.4) is 0 Å². The molecule has 0 aromatic rings. The van der Waals surface area contributed by atoms with E-state index in [9.17, 15) is 9.59 Å². The number of aliphatic imine (C=N–C) groups is 1. The van der Waals surface area contributed by atoms with E-state index in [0.717, 1.165) is 32.0 Å². The highest BCUT2D eigenvalue weighted by molar-refractivity contribution is 14.0. The van der Waals surface area contributed by atoms with Gasteiger partial charge in [-0.15, -0.1) is 24.0 Å². The normalized spacial score (nSPS) is 33.1. The summed E-state index contributed by atoms with van der Waals surface area (Å²) in [4.78, 5) is 34.2. The summed E-state index contributed by atoms with van der Waals surface area (Å²) in [6.07, 6.45) is 9.14. The zero-order valence-electron chi connectivity index (χ0n) is 18.2. The summed E-state index contributed by atoms with van der Waals surface area (Å²) in [5.74, 6) is 1.15. The Morgan fingerprint density at radius 3 is 2.43 bits per heavy atom. The topological polar surface area (TPSA) is 77.0 Å². The van der Waals surface area contributed by atoms with Crippen LogP contribution in [0.15, 0.2) is 17.1 Å². The molecule has 0 spiro atoms. The Hall–Kier alpha value is -1.16. The molecule has 2 aliphatic heterocycles. The second-order valence-corrected chi connectivity index (χ2v) is 8.90. The predicted octanol–water partition coefficient (Wildman–Crippen LogP) is 1.84. The summed E-state index contributed by atoms with van der Waals surface area (Å²) in [6, 6.07) is 0.644. The molecule has 30 heavy (non-hydrogen) atoms. The van der Waals surface area contributed by atoms with Crippen molar-refractivity contribution in [2.24, 2.45) is 28.7 Å². The third-order valence-corrected chi connectivity index (χ3v) is 7.13. The van der Waals surface area contributed by atoms with Gasteiger partial charge in [0.05, 0.1) is 18.4 Å². The summed E-state index contributed by atoms with van der Waals surface area (Å²) in [5, 5.41) is 6.57. The lowest BCUT2D eigenvalue weighted by molar-refractivity contribution is -0.140. The predicted molar refractivity (Wildman–Crippen MR) is 129 cm³/mol. The van der Waals surface area contributed by atoms with Gasteiger partial charge in [-0.25, -0.2) is 0 Å². The third kappa shape index (κ3) is 4.69. The van der Waals surface area contributed by atoms with Gasteiger partial charge in [-0.3, -0.25) is 24.4 Å². The number of nitrogens with one attached hydrogen (secondary N) is 2. The summed E-state index contributed by atoms with van der Waals surface area (Å²) in [6.45, 7) is 8.96. The molecule has 2 bridgehead atoms. The van der Waals surface area contributed by atoms with Crippen molar-refractivity contribution < 1.29 is 9.59 Å². The second kappa shape index (κ2) is 10.4. The molecular weight excluding hydrogens is 493 g/mol. The lowest BCUT2D eigenvalue weighted by atomic mass is 9.85. The van der Waals surface area contributed by atoms with E-state index in [0.29, 0.717) is 19.1 Å². The average molecular weight is 529 g/mol. The van der Waals surface area contributed by atoms with Gasteiger partial charge in [-0.2, -0.15) is 0 Å². The number of carbonyl (C=O) groups excluding carboxylic acids is 2. The van der Waals surface area contributed by atoms with Gasteiger partial charge in [0.2, 0.25) is 11.8 Å². The number of hydrogen-bond acceptors (Lipinski definition) is 4. The number of halogens is 1. The Bertz CT molecular complexity index is 667. The van der Waals surface area contributed by atoms with E-state index in [-0.39, 0.29) is 59.5 Å². The molecule has 3 fully saturated rings. The maximum Gasteiger partial charge on any atom is 0.233 e. The van der Waals surface area contributed by atoms with Crippen molar-refractivity contribution in [3.8, 4) is 0 Å². The number of carbonyl (C=O) groups is 2. The van der Waals surface area contributed by atoms with Crippen LogP contribution >= 0.6 is 24.0 Å². The molecule has 8 heteroatoms. The van der Waals surface area contributed by atoms with Crippen molar-refractivity contribution in [1.29, 1.82) is 0 Å². The van der Waals surface area contributed by atoms with Crippen molar-refractivity contribution in [3.63, 3.8) is 0 Å². The lowest BCUT2D eigenvalue weighted by Crippen LogP contribution is -2.44. The van der Waals surface area contributed by atoms with Crippen molar-refractivity contribution >= 4 is 41.8 Å². The first-order valence-corrected chi connectivity index (χ1v) is 11.4. The van der Waals surface area contributed by atoms with Crippen LogP contribution in [0.25, 0.3) is 0 Å². The van der Waals surface area contributed by atoms with E-state index in [4.69, 9.17) is 0 Å². The van der Waals surface area contributed by atoms with E-state index in [2.05, 4.69) is 39.6 Å². The van der Waals surface area contributed by atoms with Crippen LogP contribution in [0.5, 0.6) is 0 Å². The molecule has 4 aliphatic rings. The molecule has 5 unspecified atom stereocenters. The number of rotatable bonds is 7. The highest BCUT2D eigenvalue weighted by Gasteiger charge is 2.58. The Morgan fingerprint density at radius 1 is 1.10 bits per heavy atom. The van der Waals surface area contributed by atoms with Gasteiger partial charge in [0, 0.05) is 32.2 Å². The maximum absolute atomic E-state index is 12.8. The van der Waals surface area contributed by atoms with Gasteiger partial charge in [-0.05, 0) is 51.5 Å². The minimum absolute atomic E-state index is 0. The standard InChI is InChI=1S/C22H35N5O2.HI/c1-3-23-22(24-9-12-26-11-5-4-6-15(26)2)25-10-13-27-20(28)18-16-7-8-17(14-16)19(18)21(27)29;/h7-8,15-19H,3-6,9-14H2,1-2H3,(H2,23,24,25);1H. The van der Waals surface area contributed by atoms with Crippen molar-refractivity contribution in [2.75, 3.05) is 39.3 Å². The van der Waals surface area contributed by atoms with Crippen LogP contribution in [0.2, 0.25) is 0 Å². The molecule has 4 rings (SSSR count). The van der Waals surface area contributed by atoms with Crippen LogP contribution in [0, 0.1) is 23.7 Å². The fourth-order valence-corrected chi connectivity index (χ4v) is 5.59. The van der Waals surface area contributed by atoms with E-state index in [1.807, 2.05) is 6.92 Å². The molecule has 2 saturated heterocycles. The molecule has 2 heterocycles. The van der Waals surface area contributed by atoms with Crippen molar-refractivity contribution in [1.82, 2.24) is 20.4 Å². The molecule has 1 saturated carbocycles. The quantitative estimate of drug-likeness (QED) is 0.173. The van der Waals surface area contributed by atoms with E-state index in [1.54, 1.807) is 0 Å². The first kappa shape index (κ1) is 23.5. The molecule has 7 nitrogen and oxygen atoms in total. The van der Waals surface area contributed by atoms with Crippen LogP contribution in [-0.2, 0) is 9.59 Å². The largest absolute Gasteiger partial charge is 0.357 e. The molecule has 0 radical (unpaired) electrons. The number of amides is 2. The SMILES string of the molecule is CCNC(=NCCN1CCCCC1C)NCCN1C(=O)C2C3C=CC(C3)C2C1=O.I. The number of nitrogens with zero attached hydrogens (tertiary/aromatic N) is 3. The minimum Gasteiger partial charge on any atom is -0.357 e. The summed E-state index contributed by atoms with van der Waals surface area (Å²) in [7, 11) is 0. The number of piperidine rings is 1. The first-order chi connectivity index (χ1) is 14.1. The zero-order valence-corrected chi connectivity index (χ0v) is 20.5. The number of fused-ring (bicyclic) bond motifs is 5. The smallest absolute Gasteiger partial charge is 0.233 e. The van der Waals surface area contributed by atoms with Gasteiger partial charge >= 0.3 is 0 Å².